The van der Waals surface area contributed by atoms with E-state index in [4.69, 9.17) is 4.74 Å². The molecular weight excluding hydrogens is 380 g/mol. The van der Waals surface area contributed by atoms with E-state index in [-0.39, 0.29) is 4.90 Å². The molecule has 7 nitrogen and oxygen atoms in total. The number of hydrogen-bond donors (Lipinski definition) is 1. The van der Waals surface area contributed by atoms with Crippen LogP contribution in [0.25, 0.3) is 0 Å². The van der Waals surface area contributed by atoms with Crippen molar-refractivity contribution in [2.75, 3.05) is 31.8 Å². The van der Waals surface area contributed by atoms with Gasteiger partial charge in [-0.2, -0.15) is 0 Å². The van der Waals surface area contributed by atoms with Crippen LogP contribution in [0, 0.1) is 0 Å². The van der Waals surface area contributed by atoms with Crippen molar-refractivity contribution >= 4 is 38.3 Å². The molecule has 0 aliphatic heterocycles. The van der Waals surface area contributed by atoms with E-state index < -0.39 is 10.0 Å². The third kappa shape index (κ3) is 5.06. The topological polar surface area (TPSA) is 84.4 Å². The number of nitrogens with one attached hydrogen (secondary N) is 1. The highest BCUT2D eigenvalue weighted by atomic mass is 32.2. The first kappa shape index (κ1) is 18.4. The van der Waals surface area contributed by atoms with Gasteiger partial charge in [0.15, 0.2) is 4.34 Å². The minimum absolute atomic E-state index is 0.253. The zero-order valence-corrected chi connectivity index (χ0v) is 16.5. The molecule has 10 heteroatoms. The maximum Gasteiger partial charge on any atom is 0.242 e. The maximum absolute atomic E-state index is 12.0. The fraction of sp³-hybridized carbons (Fsp3) is 0.467. The minimum atomic E-state index is -3.40. The number of sulfonamides is 1. The first-order valence-corrected chi connectivity index (χ1v) is 11.1. The molecular formula is C15H20N4O3S3. The SMILES string of the molecule is CN(C)S(=O)(=O)c1ccc(OCCSc2nnc(NC3CC3)s2)cc1. The molecule has 1 aromatic carbocycles. The van der Waals surface area contributed by atoms with Gasteiger partial charge in [0.05, 0.1) is 11.5 Å². The number of aromatic nitrogens is 2. The molecule has 3 rings (SSSR count). The molecule has 1 heterocycles. The summed E-state index contributed by atoms with van der Waals surface area (Å²) >= 11 is 3.15. The first-order valence-electron chi connectivity index (χ1n) is 7.83. The zero-order chi connectivity index (χ0) is 17.9. The lowest BCUT2D eigenvalue weighted by atomic mass is 10.3. The van der Waals surface area contributed by atoms with E-state index in [9.17, 15) is 8.42 Å². The van der Waals surface area contributed by atoms with Crippen molar-refractivity contribution in [2.24, 2.45) is 0 Å². The van der Waals surface area contributed by atoms with Crippen molar-refractivity contribution in [3.05, 3.63) is 24.3 Å². The molecule has 0 radical (unpaired) electrons. The van der Waals surface area contributed by atoms with Gasteiger partial charge in [0, 0.05) is 25.9 Å². The Labute approximate surface area is 155 Å². The Kier molecular flexibility index (Phi) is 5.82. The second kappa shape index (κ2) is 7.90. The van der Waals surface area contributed by atoms with Crippen LogP contribution in [0.4, 0.5) is 5.13 Å². The third-order valence-corrected chi connectivity index (χ3v) is 7.27. The van der Waals surface area contributed by atoms with E-state index in [2.05, 4.69) is 15.5 Å². The Morgan fingerprint density at radius 2 is 2.00 bits per heavy atom. The fourth-order valence-electron chi connectivity index (χ4n) is 1.94. The number of thioether (sulfide) groups is 1. The average molecular weight is 401 g/mol. The van der Waals surface area contributed by atoms with Crippen molar-refractivity contribution in [3.8, 4) is 5.75 Å². The molecule has 0 bridgehead atoms. The van der Waals surface area contributed by atoms with Crippen LogP contribution < -0.4 is 10.1 Å². The molecule has 0 amide bonds. The predicted molar refractivity (Wildman–Crippen MR) is 100 cm³/mol. The van der Waals surface area contributed by atoms with Crippen LogP contribution in [0.5, 0.6) is 5.75 Å². The first-order chi connectivity index (χ1) is 11.9. The van der Waals surface area contributed by atoms with Gasteiger partial charge in [-0.1, -0.05) is 23.1 Å². The lowest BCUT2D eigenvalue weighted by Crippen LogP contribution is -2.22. The summed E-state index contributed by atoms with van der Waals surface area (Å²) in [5.74, 6) is 1.39. The van der Waals surface area contributed by atoms with Crippen LogP contribution in [0.3, 0.4) is 0 Å². The van der Waals surface area contributed by atoms with Crippen LogP contribution in [-0.4, -0.2) is 55.4 Å². The quantitative estimate of drug-likeness (QED) is 0.511. The molecule has 25 heavy (non-hydrogen) atoms. The van der Waals surface area contributed by atoms with E-state index in [1.54, 1.807) is 47.4 Å². The lowest BCUT2D eigenvalue weighted by Gasteiger charge is -2.12. The largest absolute Gasteiger partial charge is 0.493 e. The smallest absolute Gasteiger partial charge is 0.242 e. The van der Waals surface area contributed by atoms with E-state index in [1.165, 1.54) is 31.2 Å². The Morgan fingerprint density at radius 1 is 1.28 bits per heavy atom. The van der Waals surface area contributed by atoms with Gasteiger partial charge in [-0.05, 0) is 37.1 Å². The summed E-state index contributed by atoms with van der Waals surface area (Å²) < 4.78 is 31.7. The van der Waals surface area contributed by atoms with Gasteiger partial charge in [-0.3, -0.25) is 0 Å². The van der Waals surface area contributed by atoms with Crippen LogP contribution in [-0.2, 0) is 10.0 Å². The molecule has 1 saturated carbocycles. The van der Waals surface area contributed by atoms with E-state index in [1.807, 2.05) is 0 Å². The molecule has 1 N–H and O–H groups in total. The summed E-state index contributed by atoms with van der Waals surface area (Å²) in [6.45, 7) is 0.509. The van der Waals surface area contributed by atoms with Gasteiger partial charge in [0.2, 0.25) is 15.2 Å². The molecule has 1 fully saturated rings. The number of ether oxygens (including phenoxy) is 1. The molecule has 1 aromatic heterocycles. The van der Waals surface area contributed by atoms with Gasteiger partial charge < -0.3 is 10.1 Å². The molecule has 1 aliphatic rings. The average Bonchev–Trinajstić information content (AvgIpc) is 3.29. The summed E-state index contributed by atoms with van der Waals surface area (Å²) in [5.41, 5.74) is 0. The molecule has 0 atom stereocenters. The van der Waals surface area contributed by atoms with Gasteiger partial charge >= 0.3 is 0 Å². The number of rotatable bonds is 9. The van der Waals surface area contributed by atoms with E-state index in [0.29, 0.717) is 18.4 Å². The van der Waals surface area contributed by atoms with Crippen molar-refractivity contribution < 1.29 is 13.2 Å². The van der Waals surface area contributed by atoms with Crippen LogP contribution in [0.1, 0.15) is 12.8 Å². The number of anilines is 1. The minimum Gasteiger partial charge on any atom is -0.493 e. The van der Waals surface area contributed by atoms with Crippen LogP contribution in [0.2, 0.25) is 0 Å². The zero-order valence-electron chi connectivity index (χ0n) is 14.0. The molecule has 136 valence electrons. The van der Waals surface area contributed by atoms with Crippen LogP contribution in [0.15, 0.2) is 33.5 Å². The summed E-state index contributed by atoms with van der Waals surface area (Å²) in [6, 6.07) is 7.03. The van der Waals surface area contributed by atoms with Gasteiger partial charge in [-0.15, -0.1) is 10.2 Å². The molecule has 0 spiro atoms. The van der Waals surface area contributed by atoms with E-state index >= 15 is 0 Å². The maximum atomic E-state index is 12.0. The lowest BCUT2D eigenvalue weighted by molar-refractivity contribution is 0.343. The second-order valence-electron chi connectivity index (χ2n) is 5.75. The summed E-state index contributed by atoms with van der Waals surface area (Å²) in [5, 5.41) is 12.5. The van der Waals surface area contributed by atoms with Gasteiger partial charge in [0.25, 0.3) is 0 Å². The Bertz CT molecular complexity index is 802. The summed E-state index contributed by atoms with van der Waals surface area (Å²) in [6.07, 6.45) is 2.43. The van der Waals surface area contributed by atoms with Gasteiger partial charge in [0.1, 0.15) is 5.75 Å². The molecule has 2 aromatic rings. The highest BCUT2D eigenvalue weighted by Crippen LogP contribution is 2.30. The number of benzene rings is 1. The van der Waals surface area contributed by atoms with Gasteiger partial charge in [-0.25, -0.2) is 12.7 Å². The fourth-order valence-corrected chi connectivity index (χ4v) is 4.55. The summed E-state index contributed by atoms with van der Waals surface area (Å²) in [7, 11) is -0.383. The van der Waals surface area contributed by atoms with Crippen molar-refractivity contribution in [3.63, 3.8) is 0 Å². The second-order valence-corrected chi connectivity index (χ2v) is 10.2. The Morgan fingerprint density at radius 3 is 2.64 bits per heavy atom. The summed E-state index contributed by atoms with van der Waals surface area (Å²) in [4.78, 5) is 0.253. The van der Waals surface area contributed by atoms with E-state index in [0.717, 1.165) is 15.2 Å². The molecule has 0 unspecified atom stereocenters. The molecule has 1 aliphatic carbocycles. The normalized spacial score (nSPS) is 14.7. The highest BCUT2D eigenvalue weighted by molar-refractivity contribution is 8.01. The third-order valence-electron chi connectivity index (χ3n) is 3.49. The standard InChI is InChI=1S/C15H20N4O3S3/c1-19(2)25(20,21)13-7-5-12(6-8-13)22-9-10-23-15-18-17-14(24-15)16-11-3-4-11/h5-8,11H,3-4,9-10H2,1-2H3,(H,16,17). The Hall–Kier alpha value is -1.36. The monoisotopic (exact) mass is 400 g/mol. The predicted octanol–water partition coefficient (Wildman–Crippen LogP) is 2.53. The van der Waals surface area contributed by atoms with Crippen LogP contribution >= 0.6 is 23.1 Å². The van der Waals surface area contributed by atoms with Crippen molar-refractivity contribution in [2.45, 2.75) is 28.1 Å². The Balaban J connectivity index is 1.43. The van der Waals surface area contributed by atoms with Crippen molar-refractivity contribution in [1.82, 2.24) is 14.5 Å². The van der Waals surface area contributed by atoms with Crippen molar-refractivity contribution in [1.29, 1.82) is 0 Å². The number of hydrogen-bond acceptors (Lipinski definition) is 8. The highest BCUT2D eigenvalue weighted by Gasteiger charge is 2.22. The number of nitrogens with zero attached hydrogens (tertiary/aromatic N) is 3. The molecule has 0 saturated heterocycles.